The molecular formula is C18H20N2O3. The summed E-state index contributed by atoms with van der Waals surface area (Å²) in [6, 6.07) is 7.26. The van der Waals surface area contributed by atoms with Gasteiger partial charge in [-0.2, -0.15) is 0 Å². The molecule has 1 aliphatic carbocycles. The number of rotatable bonds is 0. The van der Waals surface area contributed by atoms with Gasteiger partial charge < -0.3 is 14.9 Å². The second kappa shape index (κ2) is 4.35. The van der Waals surface area contributed by atoms with Crippen LogP contribution in [0.2, 0.25) is 0 Å². The van der Waals surface area contributed by atoms with E-state index in [1.165, 1.54) is 0 Å². The Morgan fingerprint density at radius 3 is 2.87 bits per heavy atom. The molecule has 0 radical (unpaired) electrons. The molecule has 1 N–H and O–H groups in total. The van der Waals surface area contributed by atoms with Crippen molar-refractivity contribution in [3.63, 3.8) is 0 Å². The molecule has 120 valence electrons. The molecule has 1 aromatic carbocycles. The second-order valence-corrected chi connectivity index (χ2v) is 7.29. The Morgan fingerprint density at radius 1 is 1.17 bits per heavy atom. The molecule has 5 nitrogen and oxygen atoms in total. The van der Waals surface area contributed by atoms with E-state index in [1.54, 1.807) is 11.0 Å². The average molecular weight is 312 g/mol. The summed E-state index contributed by atoms with van der Waals surface area (Å²) in [5.41, 5.74) is -0.0968. The zero-order valence-corrected chi connectivity index (χ0v) is 12.9. The van der Waals surface area contributed by atoms with E-state index in [9.17, 15) is 14.7 Å². The summed E-state index contributed by atoms with van der Waals surface area (Å²) in [6.07, 6.45) is 4.41. The van der Waals surface area contributed by atoms with Crippen molar-refractivity contribution in [2.24, 2.45) is 5.92 Å². The highest BCUT2D eigenvalue weighted by Crippen LogP contribution is 2.52. The molecule has 23 heavy (non-hydrogen) atoms. The van der Waals surface area contributed by atoms with Crippen molar-refractivity contribution in [3.8, 4) is 0 Å². The van der Waals surface area contributed by atoms with Crippen molar-refractivity contribution in [2.45, 2.75) is 49.9 Å². The quantitative estimate of drug-likeness (QED) is 0.789. The van der Waals surface area contributed by atoms with Crippen LogP contribution >= 0.6 is 0 Å². The normalized spacial score (nSPS) is 38.2. The molecule has 3 heterocycles. The van der Waals surface area contributed by atoms with Gasteiger partial charge in [-0.1, -0.05) is 24.6 Å². The fourth-order valence-electron chi connectivity index (χ4n) is 5.41. The van der Waals surface area contributed by atoms with Gasteiger partial charge in [0.25, 0.3) is 5.91 Å². The van der Waals surface area contributed by atoms with Gasteiger partial charge in [-0.3, -0.25) is 9.59 Å². The zero-order valence-electron chi connectivity index (χ0n) is 12.9. The van der Waals surface area contributed by atoms with E-state index >= 15 is 0 Å². The SMILES string of the molecule is O=C1CCN2C(=O)c3ccccc3[C@@]2(O)[C@H]2C[C@@H]3CCC[C@@H]3N12. The third-order valence-electron chi connectivity index (χ3n) is 6.35. The van der Waals surface area contributed by atoms with Crippen LogP contribution in [0.4, 0.5) is 0 Å². The molecular weight excluding hydrogens is 292 g/mol. The summed E-state index contributed by atoms with van der Waals surface area (Å²) in [7, 11) is 0. The third kappa shape index (κ3) is 1.51. The monoisotopic (exact) mass is 312 g/mol. The summed E-state index contributed by atoms with van der Waals surface area (Å²) in [5.74, 6) is 0.420. The first-order valence-electron chi connectivity index (χ1n) is 8.57. The Morgan fingerprint density at radius 2 is 2.00 bits per heavy atom. The van der Waals surface area contributed by atoms with Crippen molar-refractivity contribution in [1.82, 2.24) is 9.80 Å². The van der Waals surface area contributed by atoms with E-state index in [0.29, 0.717) is 30.0 Å². The molecule has 0 aromatic heterocycles. The number of benzene rings is 1. The zero-order chi connectivity index (χ0) is 15.8. The van der Waals surface area contributed by atoms with Gasteiger partial charge in [-0.05, 0) is 31.2 Å². The molecule has 0 bridgehead atoms. The lowest BCUT2D eigenvalue weighted by molar-refractivity contribution is -0.147. The van der Waals surface area contributed by atoms with Crippen molar-refractivity contribution in [2.75, 3.05) is 6.54 Å². The predicted octanol–water partition coefficient (Wildman–Crippen LogP) is 1.46. The summed E-state index contributed by atoms with van der Waals surface area (Å²) in [6.45, 7) is 0.299. The Bertz CT molecular complexity index is 718. The number of fused-ring (bicyclic) bond motifs is 7. The summed E-state index contributed by atoms with van der Waals surface area (Å²) >= 11 is 0. The molecule has 3 fully saturated rings. The van der Waals surface area contributed by atoms with E-state index < -0.39 is 5.72 Å². The highest BCUT2D eigenvalue weighted by Gasteiger charge is 2.62. The van der Waals surface area contributed by atoms with Crippen LogP contribution in [0.3, 0.4) is 0 Å². The Kier molecular flexibility index (Phi) is 2.56. The van der Waals surface area contributed by atoms with Crippen LogP contribution in [0.25, 0.3) is 0 Å². The van der Waals surface area contributed by atoms with Crippen LogP contribution < -0.4 is 0 Å². The van der Waals surface area contributed by atoms with Gasteiger partial charge in [0.15, 0.2) is 5.72 Å². The maximum atomic E-state index is 12.8. The third-order valence-corrected chi connectivity index (χ3v) is 6.35. The molecule has 2 saturated heterocycles. The first-order chi connectivity index (χ1) is 11.1. The van der Waals surface area contributed by atoms with E-state index in [1.807, 2.05) is 23.1 Å². The number of carbonyl (C=O) groups excluding carboxylic acids is 2. The first kappa shape index (κ1) is 13.5. The van der Waals surface area contributed by atoms with Gasteiger partial charge in [0.05, 0.1) is 6.04 Å². The molecule has 4 aliphatic rings. The van der Waals surface area contributed by atoms with Crippen molar-refractivity contribution >= 4 is 11.8 Å². The maximum Gasteiger partial charge on any atom is 0.256 e. The number of carbonyl (C=O) groups is 2. The highest BCUT2D eigenvalue weighted by molar-refractivity contribution is 6.00. The topological polar surface area (TPSA) is 60.9 Å². The number of amides is 2. The first-order valence-corrected chi connectivity index (χ1v) is 8.57. The Balaban J connectivity index is 1.69. The minimum Gasteiger partial charge on any atom is -0.365 e. The minimum absolute atomic E-state index is 0.0949. The van der Waals surface area contributed by atoms with E-state index in [-0.39, 0.29) is 23.9 Å². The van der Waals surface area contributed by atoms with Gasteiger partial charge in [0.1, 0.15) is 0 Å². The van der Waals surface area contributed by atoms with E-state index in [4.69, 9.17) is 0 Å². The van der Waals surface area contributed by atoms with Gasteiger partial charge in [-0.25, -0.2) is 0 Å². The van der Waals surface area contributed by atoms with E-state index in [0.717, 1.165) is 25.7 Å². The number of hydrogen-bond donors (Lipinski definition) is 1. The average Bonchev–Trinajstić information content (AvgIpc) is 3.17. The molecule has 0 spiro atoms. The van der Waals surface area contributed by atoms with Gasteiger partial charge in [0.2, 0.25) is 5.91 Å². The molecule has 3 aliphatic heterocycles. The van der Waals surface area contributed by atoms with Gasteiger partial charge in [-0.15, -0.1) is 0 Å². The lowest BCUT2D eigenvalue weighted by Gasteiger charge is -2.40. The molecule has 1 saturated carbocycles. The summed E-state index contributed by atoms with van der Waals surface area (Å²) in [4.78, 5) is 29.0. The smallest absolute Gasteiger partial charge is 0.256 e. The standard InChI is InChI=1S/C18H20N2O3/c21-16-8-9-19-17(22)12-5-1-2-6-13(12)18(19,23)15-10-11-4-3-7-14(11)20(15)16/h1-2,5-6,11,14-15,23H,3-4,7-10H2/t11-,14-,15+,18+/m0/s1. The van der Waals surface area contributed by atoms with Crippen LogP contribution in [0, 0.1) is 5.92 Å². The number of nitrogens with zero attached hydrogens (tertiary/aromatic N) is 2. The number of aliphatic hydroxyl groups is 1. The van der Waals surface area contributed by atoms with E-state index in [2.05, 4.69) is 0 Å². The van der Waals surface area contributed by atoms with Crippen LogP contribution in [0.5, 0.6) is 0 Å². The van der Waals surface area contributed by atoms with Gasteiger partial charge >= 0.3 is 0 Å². The van der Waals surface area contributed by atoms with Crippen molar-refractivity contribution in [1.29, 1.82) is 0 Å². The van der Waals surface area contributed by atoms with Crippen LogP contribution in [-0.4, -0.2) is 45.3 Å². The molecule has 0 unspecified atom stereocenters. The minimum atomic E-state index is -1.36. The van der Waals surface area contributed by atoms with Crippen LogP contribution in [0.1, 0.15) is 48.0 Å². The van der Waals surface area contributed by atoms with Crippen molar-refractivity contribution < 1.29 is 14.7 Å². The van der Waals surface area contributed by atoms with Gasteiger partial charge in [0, 0.05) is 30.1 Å². The Hall–Kier alpha value is -1.88. The predicted molar refractivity (Wildman–Crippen MR) is 82.4 cm³/mol. The largest absolute Gasteiger partial charge is 0.365 e. The summed E-state index contributed by atoms with van der Waals surface area (Å²) in [5, 5.41) is 11.7. The molecule has 1 aromatic rings. The molecule has 5 heteroatoms. The second-order valence-electron chi connectivity index (χ2n) is 7.29. The molecule has 4 atom stereocenters. The van der Waals surface area contributed by atoms with Crippen molar-refractivity contribution in [3.05, 3.63) is 35.4 Å². The fourth-order valence-corrected chi connectivity index (χ4v) is 5.41. The lowest BCUT2D eigenvalue weighted by atomic mass is 9.90. The fraction of sp³-hybridized carbons (Fsp3) is 0.556. The Labute approximate surface area is 134 Å². The highest BCUT2D eigenvalue weighted by atomic mass is 16.3. The lowest BCUT2D eigenvalue weighted by Crippen LogP contribution is -2.56. The molecule has 2 amide bonds. The maximum absolute atomic E-state index is 12.8. The van der Waals surface area contributed by atoms with Crippen LogP contribution in [-0.2, 0) is 10.5 Å². The summed E-state index contributed by atoms with van der Waals surface area (Å²) < 4.78 is 0. The number of hydrogen-bond acceptors (Lipinski definition) is 3. The molecule has 5 rings (SSSR count). The van der Waals surface area contributed by atoms with Crippen LogP contribution in [0.15, 0.2) is 24.3 Å².